The maximum atomic E-state index is 14.0. The van der Waals surface area contributed by atoms with Crippen molar-refractivity contribution in [3.05, 3.63) is 84.2 Å². The van der Waals surface area contributed by atoms with E-state index < -0.39 is 34.3 Å². The van der Waals surface area contributed by atoms with Crippen LogP contribution in [0, 0.1) is 5.82 Å². The fourth-order valence-corrected chi connectivity index (χ4v) is 5.86. The average molecular weight is 586 g/mol. The third-order valence-electron chi connectivity index (χ3n) is 6.56. The lowest BCUT2D eigenvalue weighted by Gasteiger charge is -2.33. The van der Waals surface area contributed by atoms with Gasteiger partial charge in [0.05, 0.1) is 24.8 Å². The van der Waals surface area contributed by atoms with E-state index in [0.29, 0.717) is 25.1 Å². The summed E-state index contributed by atoms with van der Waals surface area (Å²) >= 11 is 0. The number of methoxy groups -OCH3 is 2. The summed E-state index contributed by atoms with van der Waals surface area (Å²) in [4.78, 5) is 28.2. The van der Waals surface area contributed by atoms with Crippen LogP contribution in [-0.2, 0) is 26.0 Å². The minimum atomic E-state index is -4.36. The number of nitrogens with one attached hydrogen (secondary N) is 1. The van der Waals surface area contributed by atoms with Crippen molar-refractivity contribution in [3.8, 4) is 11.5 Å². The second-order valence-electron chi connectivity index (χ2n) is 9.15. The van der Waals surface area contributed by atoms with Crippen LogP contribution >= 0.6 is 0 Å². The number of sulfonamides is 1. The summed E-state index contributed by atoms with van der Waals surface area (Å²) in [6.45, 7) is 3.53. The van der Waals surface area contributed by atoms with Crippen molar-refractivity contribution < 1.29 is 31.9 Å². The normalized spacial score (nSPS) is 11.8. The molecule has 0 aliphatic carbocycles. The molecule has 0 heterocycles. The maximum Gasteiger partial charge on any atom is 0.264 e. The number of carbonyl (C=O) groups is 2. The van der Waals surface area contributed by atoms with Crippen LogP contribution in [0.2, 0.25) is 0 Å². The average Bonchev–Trinajstić information content (AvgIpc) is 2.98. The highest BCUT2D eigenvalue weighted by molar-refractivity contribution is 7.92. The molecule has 3 aromatic rings. The number of benzene rings is 3. The first-order chi connectivity index (χ1) is 19.7. The Morgan fingerprint density at radius 1 is 0.927 bits per heavy atom. The molecule has 1 atom stereocenters. The van der Waals surface area contributed by atoms with E-state index in [2.05, 4.69) is 5.32 Å². The first kappa shape index (κ1) is 31.4. The molecule has 11 heteroatoms. The molecular weight excluding hydrogens is 549 g/mol. The van der Waals surface area contributed by atoms with Gasteiger partial charge in [0.25, 0.3) is 10.0 Å². The van der Waals surface area contributed by atoms with Crippen LogP contribution in [0.15, 0.2) is 77.7 Å². The molecule has 9 nitrogen and oxygen atoms in total. The highest BCUT2D eigenvalue weighted by Gasteiger charge is 2.33. The van der Waals surface area contributed by atoms with Crippen molar-refractivity contribution in [3.63, 3.8) is 0 Å². The number of likely N-dealkylation sites (N-methyl/N-ethyl adjacent to an activating group) is 1. The van der Waals surface area contributed by atoms with Crippen LogP contribution in [0.3, 0.4) is 0 Å². The van der Waals surface area contributed by atoms with Crippen LogP contribution in [0.4, 0.5) is 10.1 Å². The Morgan fingerprint density at radius 3 is 2.17 bits per heavy atom. The predicted molar refractivity (Wildman–Crippen MR) is 155 cm³/mol. The zero-order valence-electron chi connectivity index (χ0n) is 23.7. The van der Waals surface area contributed by atoms with Crippen molar-refractivity contribution >= 4 is 27.5 Å². The van der Waals surface area contributed by atoms with Gasteiger partial charge in [-0.2, -0.15) is 0 Å². The Labute approximate surface area is 240 Å². The Morgan fingerprint density at radius 2 is 1.59 bits per heavy atom. The van der Waals surface area contributed by atoms with Gasteiger partial charge in [0.2, 0.25) is 11.8 Å². The first-order valence-electron chi connectivity index (χ1n) is 13.3. The number of ether oxygens (including phenoxy) is 2. The molecule has 220 valence electrons. The third kappa shape index (κ3) is 7.75. The zero-order valence-corrected chi connectivity index (χ0v) is 24.5. The molecule has 0 spiro atoms. The summed E-state index contributed by atoms with van der Waals surface area (Å²) < 4.78 is 53.2. The number of carbonyl (C=O) groups excluding carboxylic acids is 2. The minimum absolute atomic E-state index is 0.0867. The second-order valence-corrected chi connectivity index (χ2v) is 11.0. The number of hydrogen-bond donors (Lipinski definition) is 1. The van der Waals surface area contributed by atoms with Crippen molar-refractivity contribution in [1.29, 1.82) is 0 Å². The van der Waals surface area contributed by atoms with Gasteiger partial charge in [-0.1, -0.05) is 37.3 Å². The van der Waals surface area contributed by atoms with Crippen LogP contribution in [0.1, 0.15) is 25.8 Å². The lowest BCUT2D eigenvalue weighted by atomic mass is 10.1. The molecule has 2 amide bonds. The maximum absolute atomic E-state index is 14.0. The van der Waals surface area contributed by atoms with Gasteiger partial charge in [0.1, 0.15) is 18.4 Å². The Balaban J connectivity index is 2.04. The predicted octanol–water partition coefficient (Wildman–Crippen LogP) is 4.02. The standard InChI is InChI=1S/C30H36FN3O6S/c1-5-26(30(36)32-6-2)33(19-18-22-10-8-7-9-11-22)29(35)21-34(24-14-12-23(31)13-15-24)41(37,38)25-16-17-27(39-3)28(20-25)40-4/h7-17,20,26H,5-6,18-19,21H2,1-4H3,(H,32,36)/t26-/m0/s1. The Kier molecular flexibility index (Phi) is 11.1. The number of hydrogen-bond acceptors (Lipinski definition) is 6. The number of anilines is 1. The van der Waals surface area contributed by atoms with Gasteiger partial charge in [-0.25, -0.2) is 12.8 Å². The van der Waals surface area contributed by atoms with Gasteiger partial charge < -0.3 is 19.7 Å². The summed E-state index contributed by atoms with van der Waals surface area (Å²) in [6, 6.07) is 17.6. The van der Waals surface area contributed by atoms with E-state index in [1.54, 1.807) is 13.8 Å². The molecule has 0 saturated carbocycles. The molecule has 1 N–H and O–H groups in total. The van der Waals surface area contributed by atoms with Crippen LogP contribution < -0.4 is 19.1 Å². The van der Waals surface area contributed by atoms with Crippen molar-refractivity contribution in [2.24, 2.45) is 0 Å². The van der Waals surface area contributed by atoms with E-state index in [4.69, 9.17) is 9.47 Å². The molecule has 0 aliphatic rings. The summed E-state index contributed by atoms with van der Waals surface area (Å²) in [6.07, 6.45) is 0.785. The topological polar surface area (TPSA) is 105 Å². The molecule has 0 saturated heterocycles. The van der Waals surface area contributed by atoms with E-state index >= 15 is 0 Å². The lowest BCUT2D eigenvalue weighted by Crippen LogP contribution is -2.53. The summed E-state index contributed by atoms with van der Waals surface area (Å²) in [7, 11) is -1.55. The molecule has 41 heavy (non-hydrogen) atoms. The van der Waals surface area contributed by atoms with E-state index in [9.17, 15) is 22.4 Å². The third-order valence-corrected chi connectivity index (χ3v) is 8.33. The molecule has 0 aliphatic heterocycles. The number of rotatable bonds is 14. The van der Waals surface area contributed by atoms with E-state index in [-0.39, 0.29) is 28.8 Å². The molecule has 0 aromatic heterocycles. The largest absolute Gasteiger partial charge is 0.493 e. The summed E-state index contributed by atoms with van der Waals surface area (Å²) in [5.41, 5.74) is 1.05. The van der Waals surface area contributed by atoms with Crippen LogP contribution in [0.25, 0.3) is 0 Å². The molecule has 3 rings (SSSR count). The monoisotopic (exact) mass is 585 g/mol. The van der Waals surface area contributed by atoms with E-state index in [1.807, 2.05) is 30.3 Å². The molecule has 0 fully saturated rings. The first-order valence-corrected chi connectivity index (χ1v) is 14.7. The van der Waals surface area contributed by atoms with Gasteiger partial charge >= 0.3 is 0 Å². The quantitative estimate of drug-likeness (QED) is 0.306. The molecule has 3 aromatic carbocycles. The van der Waals surface area contributed by atoms with Gasteiger partial charge in [-0.15, -0.1) is 0 Å². The highest BCUT2D eigenvalue weighted by Crippen LogP contribution is 2.32. The minimum Gasteiger partial charge on any atom is -0.493 e. The van der Waals surface area contributed by atoms with Crippen LogP contribution in [-0.4, -0.2) is 65.0 Å². The Hall–Kier alpha value is -4.12. The number of halogens is 1. The fraction of sp³-hybridized carbons (Fsp3) is 0.333. The summed E-state index contributed by atoms with van der Waals surface area (Å²) in [5.74, 6) is -0.948. The van der Waals surface area contributed by atoms with Crippen molar-refractivity contribution in [2.45, 2.75) is 37.6 Å². The van der Waals surface area contributed by atoms with Crippen LogP contribution in [0.5, 0.6) is 11.5 Å². The molecular formula is C30H36FN3O6S. The van der Waals surface area contributed by atoms with Gasteiger partial charge in [-0.05, 0) is 61.7 Å². The van der Waals surface area contributed by atoms with Crippen molar-refractivity contribution in [1.82, 2.24) is 10.2 Å². The van der Waals surface area contributed by atoms with E-state index in [1.165, 1.54) is 49.5 Å². The SMILES string of the molecule is CCNC(=O)[C@H](CC)N(CCc1ccccc1)C(=O)CN(c1ccc(F)cc1)S(=O)(=O)c1ccc(OC)c(OC)c1. The Bertz CT molecular complexity index is 1420. The van der Waals surface area contributed by atoms with Gasteiger partial charge in [0.15, 0.2) is 11.5 Å². The second kappa shape index (κ2) is 14.5. The lowest BCUT2D eigenvalue weighted by molar-refractivity contribution is -0.139. The molecule has 0 radical (unpaired) electrons. The van der Waals surface area contributed by atoms with Gasteiger partial charge in [0, 0.05) is 19.2 Å². The van der Waals surface area contributed by atoms with E-state index in [0.717, 1.165) is 22.0 Å². The van der Waals surface area contributed by atoms with Crippen molar-refractivity contribution in [2.75, 3.05) is 38.2 Å². The molecule has 0 bridgehead atoms. The van der Waals surface area contributed by atoms with Gasteiger partial charge in [-0.3, -0.25) is 13.9 Å². The highest BCUT2D eigenvalue weighted by atomic mass is 32.2. The number of amides is 2. The fourth-order valence-electron chi connectivity index (χ4n) is 4.43. The summed E-state index contributed by atoms with van der Waals surface area (Å²) in [5, 5.41) is 2.77. The smallest absolute Gasteiger partial charge is 0.264 e. The molecule has 0 unspecified atom stereocenters. The number of nitrogens with zero attached hydrogens (tertiary/aromatic N) is 2. The zero-order chi connectivity index (χ0) is 30.0.